The molecule has 0 aliphatic carbocycles. The van der Waals surface area contributed by atoms with E-state index in [9.17, 15) is 9.59 Å². The molecule has 0 bridgehead atoms. The van der Waals surface area contributed by atoms with Crippen LogP contribution in [-0.2, 0) is 14.4 Å². The number of carboxylic acid groups (broad SMARTS) is 1. The van der Waals surface area contributed by atoms with Crippen LogP contribution in [0.1, 0.15) is 25.3 Å². The molecule has 0 aromatic heterocycles. The number of hydrogen-bond donors (Lipinski definition) is 2. The largest absolute Gasteiger partial charge is 0.484 e. The summed E-state index contributed by atoms with van der Waals surface area (Å²) in [5.74, 6) is -0.709. The van der Waals surface area contributed by atoms with E-state index in [1.807, 2.05) is 17.6 Å². The summed E-state index contributed by atoms with van der Waals surface area (Å²) in [6.07, 6.45) is 0. The van der Waals surface area contributed by atoms with Gasteiger partial charge in [0.25, 0.3) is 5.91 Å². The predicted molar refractivity (Wildman–Crippen MR) is 67.8 cm³/mol. The van der Waals surface area contributed by atoms with Crippen molar-refractivity contribution in [3.63, 3.8) is 0 Å². The summed E-state index contributed by atoms with van der Waals surface area (Å²) < 4.78 is 5.22. The molecule has 0 saturated heterocycles. The van der Waals surface area contributed by atoms with E-state index in [2.05, 4.69) is 18.7 Å². The van der Waals surface area contributed by atoms with Crippen LogP contribution >= 0.6 is 0 Å². The number of nitrogens with one attached hydrogen (secondary N) is 1. The Morgan fingerprint density at radius 1 is 1.21 bits per heavy atom. The Labute approximate surface area is 111 Å². The van der Waals surface area contributed by atoms with Crippen molar-refractivity contribution >= 4 is 11.9 Å². The summed E-state index contributed by atoms with van der Waals surface area (Å²) >= 11 is 0. The minimum atomic E-state index is -1.16. The number of amides is 1. The molecule has 0 spiro atoms. The smallest absolute Gasteiger partial charge is 0.332 e. The molecule has 0 radical (unpaired) electrons. The van der Waals surface area contributed by atoms with Crippen molar-refractivity contribution in [1.82, 2.24) is 5.48 Å². The van der Waals surface area contributed by atoms with E-state index in [-0.39, 0.29) is 6.61 Å². The van der Waals surface area contributed by atoms with Gasteiger partial charge in [-0.15, -0.1) is 0 Å². The molecule has 2 N–H and O–H groups in total. The first kappa shape index (κ1) is 15.0. The van der Waals surface area contributed by atoms with Crippen molar-refractivity contribution in [2.75, 3.05) is 13.2 Å². The van der Waals surface area contributed by atoms with Crippen molar-refractivity contribution in [3.05, 3.63) is 29.8 Å². The number of carbonyl (C=O) groups excluding carboxylic acids is 1. The third kappa shape index (κ3) is 5.87. The predicted octanol–water partition coefficient (Wildman–Crippen LogP) is 1.32. The summed E-state index contributed by atoms with van der Waals surface area (Å²) in [4.78, 5) is 25.8. The Morgan fingerprint density at radius 3 is 2.37 bits per heavy atom. The molecule has 6 nitrogen and oxygen atoms in total. The number of rotatable bonds is 7. The molecular weight excluding hydrogens is 250 g/mol. The molecule has 1 amide bonds. The van der Waals surface area contributed by atoms with E-state index in [1.165, 1.54) is 5.56 Å². The van der Waals surface area contributed by atoms with Gasteiger partial charge in [-0.25, -0.2) is 10.3 Å². The van der Waals surface area contributed by atoms with Crippen molar-refractivity contribution < 1.29 is 24.3 Å². The quantitative estimate of drug-likeness (QED) is 0.728. The number of carboxylic acids is 1. The van der Waals surface area contributed by atoms with E-state index in [1.54, 1.807) is 12.1 Å². The number of ether oxygens (including phenoxy) is 1. The van der Waals surface area contributed by atoms with Gasteiger partial charge in [0.2, 0.25) is 0 Å². The average Bonchev–Trinajstić information content (AvgIpc) is 2.36. The lowest BCUT2D eigenvalue weighted by Crippen LogP contribution is -2.30. The van der Waals surface area contributed by atoms with Crippen LogP contribution in [0.3, 0.4) is 0 Å². The summed E-state index contributed by atoms with van der Waals surface area (Å²) in [5.41, 5.74) is 3.15. The van der Waals surface area contributed by atoms with E-state index in [0.29, 0.717) is 11.7 Å². The minimum Gasteiger partial charge on any atom is -0.484 e. The second-order valence-corrected chi connectivity index (χ2v) is 4.22. The fraction of sp³-hybridized carbons (Fsp3) is 0.385. The van der Waals surface area contributed by atoms with Crippen molar-refractivity contribution in [2.24, 2.45) is 0 Å². The molecule has 0 heterocycles. The van der Waals surface area contributed by atoms with Crippen LogP contribution in [0.2, 0.25) is 0 Å². The summed E-state index contributed by atoms with van der Waals surface area (Å²) in [7, 11) is 0. The number of hydroxylamine groups is 1. The van der Waals surface area contributed by atoms with E-state index in [0.717, 1.165) is 0 Å². The SMILES string of the molecule is CC(C)c1ccc(OCC(=O)NOCC(=O)O)cc1. The van der Waals surface area contributed by atoms with Crippen LogP contribution in [0.5, 0.6) is 5.75 Å². The average molecular weight is 267 g/mol. The van der Waals surface area contributed by atoms with Gasteiger partial charge in [-0.2, -0.15) is 0 Å². The molecule has 6 heteroatoms. The first-order valence-corrected chi connectivity index (χ1v) is 5.84. The molecule has 1 aromatic carbocycles. The Balaban J connectivity index is 2.31. The van der Waals surface area contributed by atoms with Gasteiger partial charge in [-0.1, -0.05) is 26.0 Å². The first-order valence-electron chi connectivity index (χ1n) is 5.84. The maximum Gasteiger partial charge on any atom is 0.332 e. The summed E-state index contributed by atoms with van der Waals surface area (Å²) in [6, 6.07) is 7.42. The topological polar surface area (TPSA) is 84.9 Å². The molecule has 0 aliphatic rings. The molecule has 1 rings (SSSR count). The lowest BCUT2D eigenvalue weighted by molar-refractivity contribution is -0.149. The highest BCUT2D eigenvalue weighted by Gasteiger charge is 2.05. The number of aliphatic carboxylic acids is 1. The van der Waals surface area contributed by atoms with Crippen LogP contribution < -0.4 is 10.2 Å². The van der Waals surface area contributed by atoms with Gasteiger partial charge in [0, 0.05) is 0 Å². The van der Waals surface area contributed by atoms with E-state index in [4.69, 9.17) is 9.84 Å². The third-order valence-corrected chi connectivity index (χ3v) is 2.30. The molecular formula is C13H17NO5. The summed E-state index contributed by atoms with van der Waals surface area (Å²) in [6.45, 7) is 3.35. The van der Waals surface area contributed by atoms with Crippen LogP contribution in [0.25, 0.3) is 0 Å². The molecule has 0 aliphatic heterocycles. The molecule has 104 valence electrons. The van der Waals surface area contributed by atoms with Crippen LogP contribution in [-0.4, -0.2) is 30.2 Å². The Bertz CT molecular complexity index is 427. The van der Waals surface area contributed by atoms with E-state index >= 15 is 0 Å². The van der Waals surface area contributed by atoms with Gasteiger partial charge in [-0.3, -0.25) is 9.63 Å². The maximum absolute atomic E-state index is 11.2. The second kappa shape index (κ2) is 7.38. The van der Waals surface area contributed by atoms with Gasteiger partial charge in [0.05, 0.1) is 0 Å². The zero-order valence-electron chi connectivity index (χ0n) is 10.9. The van der Waals surface area contributed by atoms with Crippen molar-refractivity contribution in [2.45, 2.75) is 19.8 Å². The second-order valence-electron chi connectivity index (χ2n) is 4.22. The van der Waals surface area contributed by atoms with Crippen LogP contribution in [0.15, 0.2) is 24.3 Å². The van der Waals surface area contributed by atoms with Gasteiger partial charge in [-0.05, 0) is 23.6 Å². The Hall–Kier alpha value is -2.08. The fourth-order valence-corrected chi connectivity index (χ4v) is 1.31. The zero-order chi connectivity index (χ0) is 14.3. The number of hydrogen-bond acceptors (Lipinski definition) is 4. The standard InChI is InChI=1S/C13H17NO5/c1-9(2)10-3-5-11(6-4-10)18-7-12(15)14-19-8-13(16)17/h3-6,9H,7-8H2,1-2H3,(H,14,15)(H,16,17). The molecule has 19 heavy (non-hydrogen) atoms. The van der Waals surface area contributed by atoms with Crippen molar-refractivity contribution in [3.8, 4) is 5.75 Å². The molecule has 0 fully saturated rings. The van der Waals surface area contributed by atoms with Crippen LogP contribution in [0, 0.1) is 0 Å². The van der Waals surface area contributed by atoms with E-state index < -0.39 is 18.5 Å². The maximum atomic E-state index is 11.2. The first-order chi connectivity index (χ1) is 8.99. The molecule has 0 unspecified atom stereocenters. The van der Waals surface area contributed by atoms with Gasteiger partial charge in [0.15, 0.2) is 13.2 Å². The number of carbonyl (C=O) groups is 2. The lowest BCUT2D eigenvalue weighted by Gasteiger charge is -2.09. The van der Waals surface area contributed by atoms with Gasteiger partial charge < -0.3 is 9.84 Å². The highest BCUT2D eigenvalue weighted by molar-refractivity contribution is 5.76. The molecule has 0 saturated carbocycles. The van der Waals surface area contributed by atoms with Crippen LogP contribution in [0.4, 0.5) is 0 Å². The third-order valence-electron chi connectivity index (χ3n) is 2.30. The van der Waals surface area contributed by atoms with Gasteiger partial charge >= 0.3 is 5.97 Å². The lowest BCUT2D eigenvalue weighted by atomic mass is 10.0. The zero-order valence-corrected chi connectivity index (χ0v) is 10.9. The Morgan fingerprint density at radius 2 is 1.84 bits per heavy atom. The molecule has 1 aromatic rings. The number of benzene rings is 1. The van der Waals surface area contributed by atoms with Crippen molar-refractivity contribution in [1.29, 1.82) is 0 Å². The summed E-state index contributed by atoms with van der Waals surface area (Å²) in [5, 5.41) is 8.30. The van der Waals surface area contributed by atoms with Gasteiger partial charge in [0.1, 0.15) is 5.75 Å². The monoisotopic (exact) mass is 267 g/mol. The highest BCUT2D eigenvalue weighted by Crippen LogP contribution is 2.18. The Kier molecular flexibility index (Phi) is 5.81. The normalized spacial score (nSPS) is 10.3. The molecule has 0 atom stereocenters. The fourth-order valence-electron chi connectivity index (χ4n) is 1.31. The minimum absolute atomic E-state index is 0.235. The highest BCUT2D eigenvalue weighted by atomic mass is 16.7.